The Hall–Kier alpha value is -2.77. The van der Waals surface area contributed by atoms with Gasteiger partial charge in [0.15, 0.2) is 10.8 Å². The molecule has 0 aliphatic carbocycles. The van der Waals surface area contributed by atoms with Gasteiger partial charge < -0.3 is 0 Å². The van der Waals surface area contributed by atoms with Crippen molar-refractivity contribution in [3.8, 4) is 0 Å². The maximum Gasteiger partial charge on any atom is 0.280 e. The van der Waals surface area contributed by atoms with Gasteiger partial charge >= 0.3 is 0 Å². The Morgan fingerprint density at radius 1 is 1.30 bits per heavy atom. The van der Waals surface area contributed by atoms with E-state index in [0.29, 0.717) is 27.9 Å². The van der Waals surface area contributed by atoms with Crippen molar-refractivity contribution in [3.63, 3.8) is 0 Å². The van der Waals surface area contributed by atoms with Crippen LogP contribution >= 0.6 is 22.9 Å². The third-order valence-electron chi connectivity index (χ3n) is 4.23. The molecule has 3 aromatic heterocycles. The normalized spacial score (nSPS) is 11.1. The number of aromatic nitrogens is 4. The first kappa shape index (κ1) is 17.6. The van der Waals surface area contributed by atoms with Crippen LogP contribution in [-0.4, -0.2) is 25.7 Å². The molecule has 6 nitrogen and oxygen atoms in total. The van der Waals surface area contributed by atoms with Crippen LogP contribution in [0.4, 0.5) is 5.13 Å². The van der Waals surface area contributed by atoms with Crippen LogP contribution in [0.1, 0.15) is 21.7 Å². The van der Waals surface area contributed by atoms with E-state index in [0.717, 1.165) is 16.0 Å². The number of fused-ring (bicyclic) bond motifs is 1. The highest BCUT2D eigenvalue weighted by Crippen LogP contribution is 2.34. The highest BCUT2D eigenvalue weighted by Gasteiger charge is 2.24. The van der Waals surface area contributed by atoms with Crippen LogP contribution in [0.5, 0.6) is 0 Å². The predicted octanol–water partition coefficient (Wildman–Crippen LogP) is 4.23. The molecule has 3 heterocycles. The maximum atomic E-state index is 13.2. The molecule has 4 aromatic rings. The second kappa shape index (κ2) is 7.09. The summed E-state index contributed by atoms with van der Waals surface area (Å²) in [6.07, 6.45) is 3.44. The zero-order chi connectivity index (χ0) is 19.0. The fraction of sp³-hybridized carbons (Fsp3) is 0.158. The molecule has 0 radical (unpaired) electrons. The summed E-state index contributed by atoms with van der Waals surface area (Å²) in [5, 5.41) is 5.48. The minimum atomic E-state index is -0.210. The second-order valence-electron chi connectivity index (χ2n) is 6.13. The zero-order valence-corrected chi connectivity index (χ0v) is 16.3. The lowest BCUT2D eigenvalue weighted by Crippen LogP contribution is -2.30. The molecular formula is C19H16ClN5OS. The van der Waals surface area contributed by atoms with Gasteiger partial charge in [-0.3, -0.25) is 19.4 Å². The van der Waals surface area contributed by atoms with Gasteiger partial charge in [-0.25, -0.2) is 4.98 Å². The van der Waals surface area contributed by atoms with Gasteiger partial charge in [0.25, 0.3) is 5.91 Å². The number of para-hydroxylation sites is 1. The van der Waals surface area contributed by atoms with E-state index in [4.69, 9.17) is 11.6 Å². The number of rotatable bonds is 4. The molecule has 0 spiro atoms. The van der Waals surface area contributed by atoms with Crippen molar-refractivity contribution in [1.82, 2.24) is 19.7 Å². The van der Waals surface area contributed by atoms with E-state index in [2.05, 4.69) is 15.1 Å². The Morgan fingerprint density at radius 3 is 2.81 bits per heavy atom. The fourth-order valence-corrected chi connectivity index (χ4v) is 3.99. The Bertz CT molecular complexity index is 1100. The summed E-state index contributed by atoms with van der Waals surface area (Å²) in [6, 6.07) is 11.2. The molecule has 1 amide bonds. The molecule has 0 unspecified atom stereocenters. The first-order valence-corrected chi connectivity index (χ1v) is 9.49. The Morgan fingerprint density at radius 2 is 2.15 bits per heavy atom. The van der Waals surface area contributed by atoms with Crippen LogP contribution < -0.4 is 4.90 Å². The van der Waals surface area contributed by atoms with Crippen molar-refractivity contribution in [2.75, 3.05) is 4.90 Å². The number of halogens is 1. The molecule has 0 aliphatic heterocycles. The number of aryl methyl sites for hydroxylation is 2. The van der Waals surface area contributed by atoms with Crippen molar-refractivity contribution in [3.05, 3.63) is 70.8 Å². The fourth-order valence-electron chi connectivity index (χ4n) is 2.72. The van der Waals surface area contributed by atoms with E-state index in [-0.39, 0.29) is 5.91 Å². The molecule has 0 saturated heterocycles. The summed E-state index contributed by atoms with van der Waals surface area (Å²) in [5.74, 6) is -0.210. The molecule has 0 aliphatic rings. The van der Waals surface area contributed by atoms with Gasteiger partial charge in [-0.05, 0) is 36.8 Å². The summed E-state index contributed by atoms with van der Waals surface area (Å²) >= 11 is 7.70. The van der Waals surface area contributed by atoms with Crippen LogP contribution in [0.3, 0.4) is 0 Å². The molecule has 8 heteroatoms. The van der Waals surface area contributed by atoms with E-state index in [1.165, 1.54) is 11.3 Å². The molecule has 0 bridgehead atoms. The number of hydrogen-bond acceptors (Lipinski definition) is 5. The minimum Gasteiger partial charge on any atom is -0.278 e. The average molecular weight is 398 g/mol. The van der Waals surface area contributed by atoms with Crippen LogP contribution in [0.15, 0.2) is 48.8 Å². The minimum absolute atomic E-state index is 0.210. The monoisotopic (exact) mass is 397 g/mol. The van der Waals surface area contributed by atoms with E-state index < -0.39 is 0 Å². The Kier molecular flexibility index (Phi) is 4.63. The quantitative estimate of drug-likeness (QED) is 0.516. The van der Waals surface area contributed by atoms with Crippen LogP contribution in [0, 0.1) is 6.92 Å². The van der Waals surface area contributed by atoms with E-state index >= 15 is 0 Å². The lowest BCUT2D eigenvalue weighted by molar-refractivity contribution is 0.0979. The summed E-state index contributed by atoms with van der Waals surface area (Å²) in [5.41, 5.74) is 2.89. The lowest BCUT2D eigenvalue weighted by atomic mass is 10.2. The lowest BCUT2D eigenvalue weighted by Gasteiger charge is -2.18. The van der Waals surface area contributed by atoms with E-state index in [9.17, 15) is 4.79 Å². The third kappa shape index (κ3) is 3.43. The van der Waals surface area contributed by atoms with Gasteiger partial charge in [0, 0.05) is 25.1 Å². The first-order chi connectivity index (χ1) is 13.0. The van der Waals surface area contributed by atoms with Crippen molar-refractivity contribution in [2.24, 2.45) is 7.05 Å². The number of carbonyl (C=O) groups is 1. The zero-order valence-electron chi connectivity index (χ0n) is 14.8. The second-order valence-corrected chi connectivity index (χ2v) is 7.55. The van der Waals surface area contributed by atoms with Crippen LogP contribution in [-0.2, 0) is 13.6 Å². The van der Waals surface area contributed by atoms with Crippen molar-refractivity contribution >= 4 is 44.2 Å². The van der Waals surface area contributed by atoms with Crippen molar-refractivity contribution < 1.29 is 4.79 Å². The topological polar surface area (TPSA) is 63.9 Å². The van der Waals surface area contributed by atoms with Gasteiger partial charge in [-0.2, -0.15) is 5.10 Å². The molecular weight excluding hydrogens is 382 g/mol. The number of amides is 1. The van der Waals surface area contributed by atoms with Gasteiger partial charge in [0.1, 0.15) is 5.52 Å². The molecule has 136 valence electrons. The smallest absolute Gasteiger partial charge is 0.278 e. The summed E-state index contributed by atoms with van der Waals surface area (Å²) in [4.78, 5) is 23.6. The SMILES string of the molecule is Cc1cc(C(=O)N(Cc2cccnc2)c2nc3c(Cl)cccc3s2)nn1C. The van der Waals surface area contributed by atoms with Gasteiger partial charge in [0.05, 0.1) is 16.3 Å². The summed E-state index contributed by atoms with van der Waals surface area (Å²) in [6.45, 7) is 2.26. The number of nitrogens with zero attached hydrogens (tertiary/aromatic N) is 5. The summed E-state index contributed by atoms with van der Waals surface area (Å²) < 4.78 is 2.61. The van der Waals surface area contributed by atoms with Crippen LogP contribution in [0.25, 0.3) is 10.2 Å². The van der Waals surface area contributed by atoms with E-state index in [1.807, 2.05) is 38.2 Å². The molecule has 0 saturated carbocycles. The predicted molar refractivity (Wildman–Crippen MR) is 107 cm³/mol. The highest BCUT2D eigenvalue weighted by atomic mass is 35.5. The van der Waals surface area contributed by atoms with Crippen LogP contribution in [0.2, 0.25) is 5.02 Å². The van der Waals surface area contributed by atoms with Crippen molar-refractivity contribution in [2.45, 2.75) is 13.5 Å². The molecule has 27 heavy (non-hydrogen) atoms. The molecule has 0 fully saturated rings. The average Bonchev–Trinajstić information content (AvgIpc) is 3.25. The standard InChI is InChI=1S/C19H16ClN5OS/c1-12-9-15(23-24(12)2)18(26)25(11-13-5-4-8-21-10-13)19-22-17-14(20)6-3-7-16(17)27-19/h3-10H,11H2,1-2H3. The Balaban J connectivity index is 1.79. The number of hydrogen-bond donors (Lipinski definition) is 0. The highest BCUT2D eigenvalue weighted by molar-refractivity contribution is 7.22. The molecule has 0 atom stereocenters. The van der Waals surface area contributed by atoms with Gasteiger partial charge in [0.2, 0.25) is 0 Å². The third-order valence-corrected chi connectivity index (χ3v) is 5.58. The van der Waals surface area contributed by atoms with Gasteiger partial charge in [-0.1, -0.05) is 35.1 Å². The maximum absolute atomic E-state index is 13.2. The number of carbonyl (C=O) groups excluding carboxylic acids is 1. The van der Waals surface area contributed by atoms with E-state index in [1.54, 1.807) is 34.1 Å². The number of pyridine rings is 1. The molecule has 0 N–H and O–H groups in total. The molecule has 1 aromatic carbocycles. The number of thiazole rings is 1. The molecule has 4 rings (SSSR count). The first-order valence-electron chi connectivity index (χ1n) is 8.29. The summed E-state index contributed by atoms with van der Waals surface area (Å²) in [7, 11) is 1.81. The van der Waals surface area contributed by atoms with Crippen molar-refractivity contribution in [1.29, 1.82) is 0 Å². The van der Waals surface area contributed by atoms with Gasteiger partial charge in [-0.15, -0.1) is 0 Å². The Labute approximate surface area is 165 Å². The number of benzene rings is 1. The largest absolute Gasteiger partial charge is 0.280 e. The number of anilines is 1.